The topological polar surface area (TPSA) is 50.0 Å². The summed E-state index contributed by atoms with van der Waals surface area (Å²) in [5.41, 5.74) is 1.98. The molecular formula is C11H10N4O. The molecule has 0 radical (unpaired) electrons. The molecule has 16 heavy (non-hydrogen) atoms. The molecule has 0 atom stereocenters. The number of amides is 2. The van der Waals surface area contributed by atoms with E-state index >= 15 is 0 Å². The molecule has 5 nitrogen and oxygen atoms in total. The van der Waals surface area contributed by atoms with Crippen LogP contribution in [0.25, 0.3) is 10.9 Å². The maximum absolute atomic E-state index is 11.4. The fourth-order valence-electron chi connectivity index (χ4n) is 1.90. The fraction of sp³-hybridized carbons (Fsp3) is 0.182. The molecule has 2 heterocycles. The number of nitrogens with zero attached hydrogens (tertiary/aromatic N) is 4. The van der Waals surface area contributed by atoms with Gasteiger partial charge < -0.3 is 4.57 Å². The van der Waals surface area contributed by atoms with E-state index in [1.807, 2.05) is 42.1 Å². The van der Waals surface area contributed by atoms with Gasteiger partial charge in [0.1, 0.15) is 6.67 Å². The molecule has 0 spiro atoms. The molecule has 0 fully saturated rings. The Hall–Kier alpha value is -2.17. The Morgan fingerprint density at radius 3 is 2.94 bits per heavy atom. The van der Waals surface area contributed by atoms with Crippen molar-refractivity contribution in [3.05, 3.63) is 30.5 Å². The smallest absolute Gasteiger partial charge is 0.351 e. The zero-order chi connectivity index (χ0) is 11.1. The molecule has 0 saturated carbocycles. The molecule has 0 aliphatic carbocycles. The van der Waals surface area contributed by atoms with Crippen molar-refractivity contribution in [1.82, 2.24) is 4.57 Å². The monoisotopic (exact) mass is 214 g/mol. The highest BCUT2D eigenvalue weighted by atomic mass is 16.2. The molecule has 0 N–H and O–H groups in total. The highest BCUT2D eigenvalue weighted by Gasteiger charge is 2.19. The lowest BCUT2D eigenvalue weighted by molar-refractivity contribution is 0.256. The average Bonchev–Trinajstić information content (AvgIpc) is 2.86. The van der Waals surface area contributed by atoms with Crippen LogP contribution in [0.5, 0.6) is 0 Å². The summed E-state index contributed by atoms with van der Waals surface area (Å²) in [7, 11) is 1.99. The number of benzene rings is 1. The minimum atomic E-state index is -0.296. The van der Waals surface area contributed by atoms with Gasteiger partial charge >= 0.3 is 6.03 Å². The Morgan fingerprint density at radius 1 is 1.31 bits per heavy atom. The molecule has 2 aromatic rings. The van der Waals surface area contributed by atoms with E-state index in [0.717, 1.165) is 16.6 Å². The summed E-state index contributed by atoms with van der Waals surface area (Å²) < 4.78 is 2.04. The summed E-state index contributed by atoms with van der Waals surface area (Å²) in [4.78, 5) is 12.9. The number of anilines is 1. The van der Waals surface area contributed by atoms with Crippen molar-refractivity contribution >= 4 is 22.6 Å². The summed E-state index contributed by atoms with van der Waals surface area (Å²) in [6, 6.07) is 7.61. The molecule has 3 rings (SSSR count). The highest BCUT2D eigenvalue weighted by Crippen LogP contribution is 2.24. The third kappa shape index (κ3) is 1.21. The largest absolute Gasteiger partial charge is 0.367 e. The first-order valence-corrected chi connectivity index (χ1v) is 5.00. The van der Waals surface area contributed by atoms with Crippen LogP contribution in [-0.4, -0.2) is 17.3 Å². The van der Waals surface area contributed by atoms with Crippen molar-refractivity contribution < 1.29 is 4.79 Å². The highest BCUT2D eigenvalue weighted by molar-refractivity contribution is 5.96. The summed E-state index contributed by atoms with van der Waals surface area (Å²) >= 11 is 0. The first-order valence-electron chi connectivity index (χ1n) is 5.00. The van der Waals surface area contributed by atoms with Gasteiger partial charge in [-0.15, -0.1) is 0 Å². The lowest BCUT2D eigenvalue weighted by Crippen LogP contribution is -2.22. The molecular weight excluding hydrogens is 204 g/mol. The fourth-order valence-corrected chi connectivity index (χ4v) is 1.90. The van der Waals surface area contributed by atoms with E-state index in [4.69, 9.17) is 0 Å². The Labute approximate surface area is 92.0 Å². The Bertz CT molecular complexity index is 599. The van der Waals surface area contributed by atoms with Crippen LogP contribution in [0.3, 0.4) is 0 Å². The van der Waals surface area contributed by atoms with Crippen LogP contribution in [-0.2, 0) is 7.05 Å². The number of carbonyl (C=O) groups is 1. The van der Waals surface area contributed by atoms with Crippen LogP contribution in [0, 0.1) is 0 Å². The summed E-state index contributed by atoms with van der Waals surface area (Å²) in [5.74, 6) is 0. The predicted molar refractivity (Wildman–Crippen MR) is 60.5 cm³/mol. The van der Waals surface area contributed by atoms with Gasteiger partial charge in [0.25, 0.3) is 0 Å². The molecule has 1 aromatic heterocycles. The van der Waals surface area contributed by atoms with Crippen LogP contribution >= 0.6 is 0 Å². The maximum Gasteiger partial charge on any atom is 0.367 e. The number of aromatic nitrogens is 1. The number of hydrogen-bond acceptors (Lipinski definition) is 2. The van der Waals surface area contributed by atoms with Crippen LogP contribution < -0.4 is 4.90 Å². The van der Waals surface area contributed by atoms with Crippen molar-refractivity contribution in [3.63, 3.8) is 0 Å². The molecule has 1 aliphatic heterocycles. The molecule has 5 heteroatoms. The van der Waals surface area contributed by atoms with Gasteiger partial charge in [0.05, 0.1) is 0 Å². The average molecular weight is 214 g/mol. The van der Waals surface area contributed by atoms with E-state index in [2.05, 4.69) is 10.2 Å². The zero-order valence-corrected chi connectivity index (χ0v) is 8.79. The van der Waals surface area contributed by atoms with Crippen LogP contribution in [0.2, 0.25) is 0 Å². The quantitative estimate of drug-likeness (QED) is 0.719. The van der Waals surface area contributed by atoms with Crippen molar-refractivity contribution in [2.75, 3.05) is 11.6 Å². The van der Waals surface area contributed by atoms with Gasteiger partial charge in [0, 0.05) is 29.8 Å². The van der Waals surface area contributed by atoms with Crippen LogP contribution in [0.15, 0.2) is 40.7 Å². The first-order chi connectivity index (χ1) is 7.75. The predicted octanol–water partition coefficient (Wildman–Crippen LogP) is 2.53. The molecule has 0 unspecified atom stereocenters. The van der Waals surface area contributed by atoms with Crippen molar-refractivity contribution in [2.45, 2.75) is 0 Å². The SMILES string of the molecule is Cn1ccc2cc(N3CN=NC3=O)ccc21. The van der Waals surface area contributed by atoms with E-state index in [9.17, 15) is 4.79 Å². The summed E-state index contributed by atoms with van der Waals surface area (Å²) in [6.07, 6.45) is 2.00. The zero-order valence-electron chi connectivity index (χ0n) is 8.79. The van der Waals surface area contributed by atoms with E-state index in [1.54, 1.807) is 4.90 Å². The normalized spacial score (nSPS) is 15.3. The number of aryl methyl sites for hydroxylation is 1. The number of azo groups is 1. The summed E-state index contributed by atoms with van der Waals surface area (Å²) in [6.45, 7) is 0.317. The second-order valence-electron chi connectivity index (χ2n) is 3.76. The minimum Gasteiger partial charge on any atom is -0.351 e. The number of carbonyl (C=O) groups excluding carboxylic acids is 1. The Balaban J connectivity index is 2.08. The second kappa shape index (κ2) is 3.16. The first kappa shape index (κ1) is 9.08. The lowest BCUT2D eigenvalue weighted by atomic mass is 10.2. The van der Waals surface area contributed by atoms with Gasteiger partial charge in [-0.1, -0.05) is 5.11 Å². The van der Waals surface area contributed by atoms with Gasteiger partial charge in [0.15, 0.2) is 0 Å². The van der Waals surface area contributed by atoms with E-state index in [0.29, 0.717) is 6.67 Å². The molecule has 2 amide bonds. The minimum absolute atomic E-state index is 0.296. The number of urea groups is 1. The molecule has 0 saturated heterocycles. The second-order valence-corrected chi connectivity index (χ2v) is 3.76. The Morgan fingerprint density at radius 2 is 2.19 bits per heavy atom. The molecule has 1 aromatic carbocycles. The van der Waals surface area contributed by atoms with Crippen LogP contribution in [0.1, 0.15) is 0 Å². The third-order valence-electron chi connectivity index (χ3n) is 2.77. The van der Waals surface area contributed by atoms with Gasteiger partial charge in [-0.25, -0.2) is 4.79 Å². The van der Waals surface area contributed by atoms with E-state index in [1.165, 1.54) is 0 Å². The van der Waals surface area contributed by atoms with Gasteiger partial charge in [-0.2, -0.15) is 5.11 Å². The van der Waals surface area contributed by atoms with Crippen LogP contribution in [0.4, 0.5) is 10.5 Å². The van der Waals surface area contributed by atoms with Gasteiger partial charge in [0.2, 0.25) is 0 Å². The number of hydrogen-bond donors (Lipinski definition) is 0. The van der Waals surface area contributed by atoms with E-state index < -0.39 is 0 Å². The Kier molecular flexibility index (Phi) is 1.80. The molecule has 80 valence electrons. The van der Waals surface area contributed by atoms with Gasteiger partial charge in [-0.05, 0) is 24.3 Å². The molecule has 0 bridgehead atoms. The lowest BCUT2D eigenvalue weighted by Gasteiger charge is -2.12. The molecule has 1 aliphatic rings. The number of rotatable bonds is 1. The third-order valence-corrected chi connectivity index (χ3v) is 2.77. The van der Waals surface area contributed by atoms with E-state index in [-0.39, 0.29) is 6.03 Å². The van der Waals surface area contributed by atoms with Crippen molar-refractivity contribution in [1.29, 1.82) is 0 Å². The number of fused-ring (bicyclic) bond motifs is 1. The van der Waals surface area contributed by atoms with Crippen molar-refractivity contribution in [2.24, 2.45) is 17.3 Å². The maximum atomic E-state index is 11.4. The standard InChI is InChI=1S/C11H10N4O/c1-14-5-4-8-6-9(2-3-10(8)14)15-7-12-13-11(15)16/h2-6H,7H2,1H3. The summed E-state index contributed by atoms with van der Waals surface area (Å²) in [5, 5.41) is 8.30. The van der Waals surface area contributed by atoms with Gasteiger partial charge in [-0.3, -0.25) is 4.90 Å². The van der Waals surface area contributed by atoms with Crippen molar-refractivity contribution in [3.8, 4) is 0 Å².